The third-order valence-electron chi connectivity index (χ3n) is 7.63. The van der Waals surface area contributed by atoms with E-state index < -0.39 is 47.9 Å². The number of aromatic amines is 2. The number of carboxylic acid groups (broad SMARTS) is 1. The number of carbonyl (C=O) groups is 4. The van der Waals surface area contributed by atoms with Gasteiger partial charge in [-0.1, -0.05) is 30.3 Å². The third kappa shape index (κ3) is 9.39. The number of rotatable bonds is 17. The lowest BCUT2D eigenvalue weighted by molar-refractivity contribution is -0.142. The second kappa shape index (κ2) is 16.2. The first-order chi connectivity index (χ1) is 22.1. The van der Waals surface area contributed by atoms with Crippen LogP contribution in [0.3, 0.4) is 0 Å². The zero-order valence-electron chi connectivity index (χ0n) is 25.2. The lowest BCUT2D eigenvalue weighted by atomic mass is 10.0. The number of carbonyl (C=O) groups excluding carboxylic acids is 3. The van der Waals surface area contributed by atoms with E-state index in [4.69, 9.17) is 11.5 Å². The molecule has 0 aliphatic heterocycles. The highest BCUT2D eigenvalue weighted by Gasteiger charge is 2.31. The normalized spacial score (nSPS) is 13.8. The molecule has 0 bridgehead atoms. The summed E-state index contributed by atoms with van der Waals surface area (Å²) in [6, 6.07) is 9.05. The van der Waals surface area contributed by atoms with Gasteiger partial charge >= 0.3 is 5.97 Å². The number of aliphatic carboxylic acids is 1. The summed E-state index contributed by atoms with van der Waals surface area (Å²) in [5.74, 6) is -3.13. The molecule has 2 aromatic carbocycles. The van der Waals surface area contributed by atoms with Gasteiger partial charge < -0.3 is 47.6 Å². The Morgan fingerprint density at radius 3 is 2.22 bits per heavy atom. The number of aromatic nitrogens is 3. The standard InChI is InChI=1S/C32H40N8O6/c33-12-4-3-7-26(30(43)40-28(32(45)46)14-20-16-36-25-6-2-1-5-23(20)25)38-31(44)27(13-19-8-10-22(41)11-9-19)39-29(42)24(34)15-21-17-35-18-37-21/h1-2,5-6,8-11,16-18,24,26-28,36,41H,3-4,7,12-15,33-34H2,(H,35,37)(H,38,44)(H,39,42)(H,40,43)(H,45,46). The molecule has 14 heteroatoms. The first-order valence-electron chi connectivity index (χ1n) is 15.0. The van der Waals surface area contributed by atoms with E-state index in [-0.39, 0.29) is 31.4 Å². The molecule has 0 saturated carbocycles. The van der Waals surface area contributed by atoms with Gasteiger partial charge in [0.1, 0.15) is 23.9 Å². The SMILES string of the molecule is NCCCCC(NC(=O)C(Cc1ccc(O)cc1)NC(=O)C(N)Cc1cnc[nH]1)C(=O)NC(Cc1c[nH]c2ccccc12)C(=O)O. The highest BCUT2D eigenvalue weighted by atomic mass is 16.4. The minimum atomic E-state index is -1.27. The Kier molecular flexibility index (Phi) is 11.9. The fraction of sp³-hybridized carbons (Fsp3) is 0.344. The highest BCUT2D eigenvalue weighted by molar-refractivity contribution is 5.94. The lowest BCUT2D eigenvalue weighted by Crippen LogP contribution is -2.58. The zero-order valence-corrected chi connectivity index (χ0v) is 25.2. The highest BCUT2D eigenvalue weighted by Crippen LogP contribution is 2.19. The Balaban J connectivity index is 1.50. The van der Waals surface area contributed by atoms with E-state index in [2.05, 4.69) is 30.9 Å². The molecule has 0 aliphatic carbocycles. The minimum absolute atomic E-state index is 0.0162. The van der Waals surface area contributed by atoms with Crippen molar-refractivity contribution in [2.45, 2.75) is 62.7 Å². The molecular formula is C32H40N8O6. The number of aromatic hydroxyl groups is 1. The summed E-state index contributed by atoms with van der Waals surface area (Å²) < 4.78 is 0. The van der Waals surface area contributed by atoms with Gasteiger partial charge in [-0.25, -0.2) is 9.78 Å². The molecular weight excluding hydrogens is 592 g/mol. The van der Waals surface area contributed by atoms with Crippen LogP contribution in [0.1, 0.15) is 36.1 Å². The minimum Gasteiger partial charge on any atom is -0.508 e. The summed E-state index contributed by atoms with van der Waals surface area (Å²) in [4.78, 5) is 62.4. The second-order valence-electron chi connectivity index (χ2n) is 11.1. The van der Waals surface area contributed by atoms with Crippen LogP contribution in [0.25, 0.3) is 10.9 Å². The van der Waals surface area contributed by atoms with E-state index in [1.54, 1.807) is 24.5 Å². The molecule has 4 aromatic rings. The molecule has 4 atom stereocenters. The number of para-hydroxylation sites is 1. The summed E-state index contributed by atoms with van der Waals surface area (Å²) in [6.07, 6.45) is 6.16. The molecule has 0 spiro atoms. The van der Waals surface area contributed by atoms with Crippen molar-refractivity contribution in [1.82, 2.24) is 30.9 Å². The van der Waals surface area contributed by atoms with Gasteiger partial charge in [0.2, 0.25) is 17.7 Å². The monoisotopic (exact) mass is 632 g/mol. The van der Waals surface area contributed by atoms with E-state index in [0.29, 0.717) is 30.6 Å². The molecule has 0 radical (unpaired) electrons. The van der Waals surface area contributed by atoms with Crippen molar-refractivity contribution in [2.75, 3.05) is 6.54 Å². The zero-order chi connectivity index (χ0) is 33.1. The maximum Gasteiger partial charge on any atom is 0.326 e. The fourth-order valence-corrected chi connectivity index (χ4v) is 5.11. The molecule has 4 unspecified atom stereocenters. The number of H-pyrrole nitrogens is 2. The van der Waals surface area contributed by atoms with Gasteiger partial charge in [0.05, 0.1) is 12.4 Å². The Morgan fingerprint density at radius 1 is 0.826 bits per heavy atom. The van der Waals surface area contributed by atoms with Gasteiger partial charge in [-0.15, -0.1) is 0 Å². The first kappa shape index (κ1) is 33.7. The second-order valence-corrected chi connectivity index (χ2v) is 11.1. The van der Waals surface area contributed by atoms with Crippen molar-refractivity contribution in [3.8, 4) is 5.75 Å². The smallest absolute Gasteiger partial charge is 0.326 e. The van der Waals surface area contributed by atoms with Crippen LogP contribution in [-0.2, 0) is 38.4 Å². The average molecular weight is 633 g/mol. The number of nitrogens with one attached hydrogen (secondary N) is 5. The van der Waals surface area contributed by atoms with Crippen molar-refractivity contribution in [3.63, 3.8) is 0 Å². The third-order valence-corrected chi connectivity index (χ3v) is 7.63. The summed E-state index contributed by atoms with van der Waals surface area (Å²) in [5, 5.41) is 28.5. The van der Waals surface area contributed by atoms with E-state index in [0.717, 1.165) is 16.5 Å². The van der Waals surface area contributed by atoms with Crippen molar-refractivity contribution in [2.24, 2.45) is 11.5 Å². The molecule has 2 aromatic heterocycles. The van der Waals surface area contributed by atoms with Gasteiger partial charge in [-0.2, -0.15) is 0 Å². The molecule has 4 rings (SSSR count). The van der Waals surface area contributed by atoms with Crippen LogP contribution >= 0.6 is 0 Å². The molecule has 2 heterocycles. The van der Waals surface area contributed by atoms with Crippen molar-refractivity contribution in [1.29, 1.82) is 0 Å². The van der Waals surface area contributed by atoms with Crippen molar-refractivity contribution < 1.29 is 29.4 Å². The van der Waals surface area contributed by atoms with Crippen molar-refractivity contribution in [3.05, 3.63) is 84.1 Å². The molecule has 11 N–H and O–H groups in total. The van der Waals surface area contributed by atoms with E-state index >= 15 is 0 Å². The van der Waals surface area contributed by atoms with E-state index in [1.807, 2.05) is 24.3 Å². The largest absolute Gasteiger partial charge is 0.508 e. The molecule has 3 amide bonds. The van der Waals surface area contributed by atoms with Crippen LogP contribution in [-0.4, -0.2) is 79.6 Å². The maximum absolute atomic E-state index is 13.7. The molecule has 46 heavy (non-hydrogen) atoms. The number of hydrogen-bond donors (Lipinski definition) is 9. The van der Waals surface area contributed by atoms with Crippen molar-refractivity contribution >= 4 is 34.6 Å². The number of fused-ring (bicyclic) bond motifs is 1. The summed E-state index contributed by atoms with van der Waals surface area (Å²) >= 11 is 0. The number of carboxylic acids is 1. The number of phenolic OH excluding ortho intramolecular Hbond substituents is 1. The van der Waals surface area contributed by atoms with E-state index in [9.17, 15) is 29.4 Å². The predicted molar refractivity (Wildman–Crippen MR) is 170 cm³/mol. The molecule has 0 aliphatic rings. The number of nitrogens with zero attached hydrogens (tertiary/aromatic N) is 1. The van der Waals surface area contributed by atoms with Gasteiger partial charge in [-0.3, -0.25) is 14.4 Å². The van der Waals surface area contributed by atoms with E-state index in [1.165, 1.54) is 18.5 Å². The van der Waals surface area contributed by atoms with Crippen LogP contribution in [0.4, 0.5) is 0 Å². The topological polar surface area (TPSA) is 241 Å². The molecule has 0 saturated heterocycles. The van der Waals surface area contributed by atoms with Crippen LogP contribution < -0.4 is 27.4 Å². The summed E-state index contributed by atoms with van der Waals surface area (Å²) in [7, 11) is 0. The Bertz CT molecular complexity index is 1600. The summed E-state index contributed by atoms with van der Waals surface area (Å²) in [6.45, 7) is 0.369. The maximum atomic E-state index is 13.7. The quantitative estimate of drug-likeness (QED) is 0.0740. The number of imidazole rings is 1. The Hall–Kier alpha value is -5.21. The number of amides is 3. The predicted octanol–water partition coefficient (Wildman–Crippen LogP) is 0.620. The number of unbranched alkanes of at least 4 members (excludes halogenated alkanes) is 1. The van der Waals surface area contributed by atoms with Crippen LogP contribution in [0.15, 0.2) is 67.3 Å². The summed E-state index contributed by atoms with van der Waals surface area (Å²) in [5.41, 5.74) is 14.6. The Labute approximate surface area is 265 Å². The number of benzene rings is 2. The Morgan fingerprint density at radius 2 is 1.52 bits per heavy atom. The number of nitrogens with two attached hydrogens (primary N) is 2. The van der Waals surface area contributed by atoms with Crippen LogP contribution in [0.5, 0.6) is 5.75 Å². The average Bonchev–Trinajstić information content (AvgIpc) is 3.71. The fourth-order valence-electron chi connectivity index (χ4n) is 5.11. The number of phenols is 1. The molecule has 0 fully saturated rings. The van der Waals surface area contributed by atoms with Crippen LogP contribution in [0, 0.1) is 0 Å². The van der Waals surface area contributed by atoms with Gasteiger partial charge in [-0.05, 0) is 55.1 Å². The lowest BCUT2D eigenvalue weighted by Gasteiger charge is -2.25. The van der Waals surface area contributed by atoms with Gasteiger partial charge in [0, 0.05) is 48.3 Å². The van der Waals surface area contributed by atoms with Gasteiger partial charge in [0.25, 0.3) is 0 Å². The first-order valence-corrected chi connectivity index (χ1v) is 15.0. The molecule has 14 nitrogen and oxygen atoms in total. The number of hydrogen-bond acceptors (Lipinski definition) is 8. The molecule has 244 valence electrons. The van der Waals surface area contributed by atoms with Gasteiger partial charge in [0.15, 0.2) is 0 Å². The van der Waals surface area contributed by atoms with Crippen LogP contribution in [0.2, 0.25) is 0 Å².